The van der Waals surface area contributed by atoms with Crippen LogP contribution in [0.5, 0.6) is 0 Å². The van der Waals surface area contributed by atoms with E-state index >= 15 is 0 Å². The van der Waals surface area contributed by atoms with Crippen LogP contribution in [0.25, 0.3) is 10.1 Å². The highest BCUT2D eigenvalue weighted by molar-refractivity contribution is 7.21. The van der Waals surface area contributed by atoms with Gasteiger partial charge in [0.1, 0.15) is 4.88 Å². The molecule has 1 aromatic carbocycles. The highest BCUT2D eigenvalue weighted by atomic mass is 32.1. The van der Waals surface area contributed by atoms with Gasteiger partial charge in [0.15, 0.2) is 0 Å². The minimum Gasteiger partial charge on any atom is -0.397 e. The zero-order valence-electron chi connectivity index (χ0n) is 12.3. The molecule has 1 fully saturated rings. The van der Waals surface area contributed by atoms with Gasteiger partial charge >= 0.3 is 0 Å². The van der Waals surface area contributed by atoms with Crippen LogP contribution in [-0.4, -0.2) is 34.6 Å². The summed E-state index contributed by atoms with van der Waals surface area (Å²) in [7, 11) is 0. The van der Waals surface area contributed by atoms with Crippen molar-refractivity contribution in [2.24, 2.45) is 0 Å². The van der Waals surface area contributed by atoms with E-state index < -0.39 is 5.60 Å². The van der Waals surface area contributed by atoms with Gasteiger partial charge in [-0.2, -0.15) is 0 Å². The zero-order chi connectivity index (χ0) is 15.2. The number of nitrogens with two attached hydrogens (primary N) is 1. The average Bonchev–Trinajstić information content (AvgIpc) is 2.75. The van der Waals surface area contributed by atoms with E-state index in [2.05, 4.69) is 0 Å². The Bertz CT molecular complexity index is 696. The zero-order valence-corrected chi connectivity index (χ0v) is 13.2. The van der Waals surface area contributed by atoms with Crippen molar-refractivity contribution in [2.75, 3.05) is 18.8 Å². The van der Waals surface area contributed by atoms with Crippen LogP contribution in [-0.2, 0) is 0 Å². The predicted molar refractivity (Wildman–Crippen MR) is 86.7 cm³/mol. The number of nitrogen functional groups attached to an aromatic ring is 1. The number of rotatable bonds is 1. The first-order valence-corrected chi connectivity index (χ1v) is 7.99. The Kier molecular flexibility index (Phi) is 3.42. The molecule has 4 nitrogen and oxygen atoms in total. The molecular weight excluding hydrogens is 284 g/mol. The molecule has 1 aromatic heterocycles. The van der Waals surface area contributed by atoms with Crippen LogP contribution >= 0.6 is 11.3 Å². The highest BCUT2D eigenvalue weighted by Crippen LogP contribution is 2.35. The SMILES string of the molecule is Cc1ccc2sc(C(=O)N3CCC(C)(O)CC3)c(N)c2c1. The molecule has 1 aliphatic heterocycles. The number of hydrogen-bond donors (Lipinski definition) is 2. The van der Waals surface area contributed by atoms with E-state index in [1.54, 1.807) is 4.90 Å². The van der Waals surface area contributed by atoms with E-state index in [-0.39, 0.29) is 5.91 Å². The monoisotopic (exact) mass is 304 g/mol. The summed E-state index contributed by atoms with van der Waals surface area (Å²) in [6.45, 7) is 5.01. The lowest BCUT2D eigenvalue weighted by Gasteiger charge is -2.35. The molecule has 0 atom stereocenters. The van der Waals surface area contributed by atoms with E-state index in [1.165, 1.54) is 11.3 Å². The predicted octanol–water partition coefficient (Wildman–Crippen LogP) is 2.78. The number of nitrogens with zero attached hydrogens (tertiary/aromatic N) is 1. The molecule has 1 saturated heterocycles. The molecule has 0 radical (unpaired) electrons. The van der Waals surface area contributed by atoms with Gasteiger partial charge in [-0.1, -0.05) is 11.6 Å². The first-order chi connectivity index (χ1) is 9.87. The van der Waals surface area contributed by atoms with Crippen molar-refractivity contribution in [3.05, 3.63) is 28.6 Å². The molecule has 0 bridgehead atoms. The second-order valence-corrected chi connectivity index (χ2v) is 7.19. The summed E-state index contributed by atoms with van der Waals surface area (Å²) in [6.07, 6.45) is 1.23. The number of aliphatic hydroxyl groups is 1. The molecule has 21 heavy (non-hydrogen) atoms. The number of piperidine rings is 1. The summed E-state index contributed by atoms with van der Waals surface area (Å²) in [5.41, 5.74) is 7.25. The normalized spacial score (nSPS) is 18.1. The number of thiophene rings is 1. The summed E-state index contributed by atoms with van der Waals surface area (Å²) >= 11 is 1.46. The number of hydrogen-bond acceptors (Lipinski definition) is 4. The minimum absolute atomic E-state index is 0.0122. The minimum atomic E-state index is -0.653. The van der Waals surface area contributed by atoms with Crippen LogP contribution in [0.1, 0.15) is 35.0 Å². The quantitative estimate of drug-likeness (QED) is 0.851. The lowest BCUT2D eigenvalue weighted by Crippen LogP contribution is -2.45. The average molecular weight is 304 g/mol. The van der Waals surface area contributed by atoms with Gasteiger partial charge < -0.3 is 15.7 Å². The Labute approximate surface area is 128 Å². The fourth-order valence-corrected chi connectivity index (χ4v) is 3.80. The molecule has 112 valence electrons. The maximum Gasteiger partial charge on any atom is 0.266 e. The first-order valence-electron chi connectivity index (χ1n) is 7.18. The largest absolute Gasteiger partial charge is 0.397 e. The third-order valence-electron chi connectivity index (χ3n) is 4.20. The first kappa shape index (κ1) is 14.4. The summed E-state index contributed by atoms with van der Waals surface area (Å²) < 4.78 is 1.05. The third-order valence-corrected chi connectivity index (χ3v) is 5.38. The number of carbonyl (C=O) groups excluding carboxylic acids is 1. The van der Waals surface area contributed by atoms with Crippen LogP contribution in [0.4, 0.5) is 5.69 Å². The van der Waals surface area contributed by atoms with Gasteiger partial charge in [0.05, 0.1) is 11.3 Å². The Hall–Kier alpha value is -1.59. The van der Waals surface area contributed by atoms with Crippen molar-refractivity contribution >= 4 is 33.0 Å². The van der Waals surface area contributed by atoms with Crippen LogP contribution in [0, 0.1) is 6.92 Å². The molecule has 5 heteroatoms. The molecule has 0 unspecified atom stereocenters. The standard InChI is InChI=1S/C16H20N2O2S/c1-10-3-4-12-11(9-10)13(17)14(21-12)15(19)18-7-5-16(2,20)6-8-18/h3-4,9,20H,5-8,17H2,1-2H3. The second kappa shape index (κ2) is 5.00. The summed E-state index contributed by atoms with van der Waals surface area (Å²) in [5.74, 6) is -0.0122. The topological polar surface area (TPSA) is 66.6 Å². The van der Waals surface area contributed by atoms with Crippen LogP contribution < -0.4 is 5.73 Å². The van der Waals surface area contributed by atoms with Crippen molar-refractivity contribution in [1.29, 1.82) is 0 Å². The van der Waals surface area contributed by atoms with E-state index in [1.807, 2.05) is 32.0 Å². The van der Waals surface area contributed by atoms with E-state index in [0.29, 0.717) is 36.5 Å². The number of carbonyl (C=O) groups is 1. The number of anilines is 1. The maximum atomic E-state index is 12.7. The highest BCUT2D eigenvalue weighted by Gasteiger charge is 2.31. The maximum absolute atomic E-state index is 12.7. The van der Waals surface area contributed by atoms with Crippen LogP contribution in [0.15, 0.2) is 18.2 Å². The van der Waals surface area contributed by atoms with Crippen molar-refractivity contribution in [3.8, 4) is 0 Å². The summed E-state index contributed by atoms with van der Waals surface area (Å²) in [5, 5.41) is 10.9. The third kappa shape index (κ3) is 2.63. The summed E-state index contributed by atoms with van der Waals surface area (Å²) in [6, 6.07) is 6.08. The molecule has 2 aromatic rings. The number of fused-ring (bicyclic) bond motifs is 1. The molecular formula is C16H20N2O2S. The van der Waals surface area contributed by atoms with Crippen LogP contribution in [0.2, 0.25) is 0 Å². The van der Waals surface area contributed by atoms with Gasteiger partial charge in [0.25, 0.3) is 5.91 Å². The molecule has 3 N–H and O–H groups in total. The molecule has 3 rings (SSSR count). The molecule has 0 spiro atoms. The Morgan fingerprint density at radius 3 is 2.71 bits per heavy atom. The van der Waals surface area contributed by atoms with Gasteiger partial charge in [0, 0.05) is 23.2 Å². The van der Waals surface area contributed by atoms with Gasteiger partial charge in [-0.25, -0.2) is 0 Å². The molecule has 0 saturated carbocycles. The second-order valence-electron chi connectivity index (χ2n) is 6.13. The van der Waals surface area contributed by atoms with E-state index in [0.717, 1.165) is 15.6 Å². The number of likely N-dealkylation sites (tertiary alicyclic amines) is 1. The lowest BCUT2D eigenvalue weighted by atomic mass is 9.94. The fourth-order valence-electron chi connectivity index (χ4n) is 2.72. The van der Waals surface area contributed by atoms with Crippen molar-refractivity contribution in [2.45, 2.75) is 32.3 Å². The lowest BCUT2D eigenvalue weighted by molar-refractivity contribution is -0.00184. The number of benzene rings is 1. The molecule has 1 amide bonds. The van der Waals surface area contributed by atoms with Gasteiger partial charge in [-0.05, 0) is 38.8 Å². The molecule has 0 aliphatic carbocycles. The van der Waals surface area contributed by atoms with Crippen molar-refractivity contribution in [1.82, 2.24) is 4.90 Å². The molecule has 2 heterocycles. The van der Waals surface area contributed by atoms with Gasteiger partial charge in [-0.15, -0.1) is 11.3 Å². The van der Waals surface area contributed by atoms with Crippen molar-refractivity contribution < 1.29 is 9.90 Å². The van der Waals surface area contributed by atoms with Gasteiger partial charge in [-0.3, -0.25) is 4.79 Å². The van der Waals surface area contributed by atoms with Gasteiger partial charge in [0.2, 0.25) is 0 Å². The van der Waals surface area contributed by atoms with E-state index in [4.69, 9.17) is 5.73 Å². The Balaban J connectivity index is 1.90. The van der Waals surface area contributed by atoms with Crippen molar-refractivity contribution in [3.63, 3.8) is 0 Å². The fraction of sp³-hybridized carbons (Fsp3) is 0.438. The molecule has 1 aliphatic rings. The Morgan fingerprint density at radius 1 is 1.38 bits per heavy atom. The number of amides is 1. The smallest absolute Gasteiger partial charge is 0.266 e. The van der Waals surface area contributed by atoms with Crippen LogP contribution in [0.3, 0.4) is 0 Å². The van der Waals surface area contributed by atoms with E-state index in [9.17, 15) is 9.90 Å². The summed E-state index contributed by atoms with van der Waals surface area (Å²) in [4.78, 5) is 15.1. The Morgan fingerprint density at radius 2 is 2.05 bits per heavy atom. The number of aryl methyl sites for hydroxylation is 1.